The zero-order valence-corrected chi connectivity index (χ0v) is 15.1. The number of ketones is 1. The molecule has 0 saturated heterocycles. The molecule has 0 aliphatic heterocycles. The predicted molar refractivity (Wildman–Crippen MR) is 90.6 cm³/mol. The lowest BCUT2D eigenvalue weighted by Crippen LogP contribution is -2.41. The first kappa shape index (κ1) is 18.6. The Hall–Kier alpha value is -0.410. The van der Waals surface area contributed by atoms with E-state index in [1.807, 2.05) is 0 Å². The summed E-state index contributed by atoms with van der Waals surface area (Å²) in [5, 5.41) is 0. The van der Waals surface area contributed by atoms with E-state index in [2.05, 4.69) is 51.6 Å². The third-order valence-electron chi connectivity index (χ3n) is 4.87. The Morgan fingerprint density at radius 1 is 1.14 bits per heavy atom. The summed E-state index contributed by atoms with van der Waals surface area (Å²) < 4.78 is 0. The van der Waals surface area contributed by atoms with Crippen molar-refractivity contribution >= 4 is 5.78 Å². The van der Waals surface area contributed by atoms with E-state index >= 15 is 0 Å². The average molecular weight is 296 g/mol. The second-order valence-corrected chi connectivity index (χ2v) is 8.10. The van der Waals surface area contributed by atoms with Gasteiger partial charge in [-0.2, -0.15) is 0 Å². The van der Waals surface area contributed by atoms with Crippen molar-refractivity contribution in [2.45, 2.75) is 53.4 Å². The van der Waals surface area contributed by atoms with Gasteiger partial charge in [-0.1, -0.05) is 27.7 Å². The standard InChI is InChI=1S/C18H36N2O/c1-7-10-20(12-11-19(5)6)14-15-13-16(18(2,3)4)8-9-17(15)21/h15-16H,7-14H2,1-6H3. The Labute approximate surface area is 132 Å². The summed E-state index contributed by atoms with van der Waals surface area (Å²) in [6.07, 6.45) is 4.13. The Balaban J connectivity index is 2.60. The van der Waals surface area contributed by atoms with Crippen LogP contribution in [0.2, 0.25) is 0 Å². The van der Waals surface area contributed by atoms with Crippen LogP contribution < -0.4 is 0 Å². The normalized spacial score (nSPS) is 24.1. The van der Waals surface area contributed by atoms with E-state index in [1.165, 1.54) is 0 Å². The summed E-state index contributed by atoms with van der Waals surface area (Å²) >= 11 is 0. The van der Waals surface area contributed by atoms with Gasteiger partial charge >= 0.3 is 0 Å². The fourth-order valence-corrected chi connectivity index (χ4v) is 3.34. The molecule has 3 nitrogen and oxygen atoms in total. The molecular weight excluding hydrogens is 260 g/mol. The Kier molecular flexibility index (Phi) is 7.35. The van der Waals surface area contributed by atoms with Crippen LogP contribution in [-0.4, -0.2) is 55.9 Å². The van der Waals surface area contributed by atoms with Gasteiger partial charge in [0, 0.05) is 32.0 Å². The number of likely N-dealkylation sites (N-methyl/N-ethyl adjacent to an activating group) is 1. The molecule has 124 valence electrons. The first-order chi connectivity index (χ1) is 9.74. The average Bonchev–Trinajstić information content (AvgIpc) is 2.37. The van der Waals surface area contributed by atoms with E-state index in [0.29, 0.717) is 17.1 Å². The Bertz CT molecular complexity index is 320. The molecule has 0 aromatic rings. The van der Waals surface area contributed by atoms with E-state index in [-0.39, 0.29) is 5.92 Å². The lowest BCUT2D eigenvalue weighted by molar-refractivity contribution is -0.127. The maximum absolute atomic E-state index is 12.3. The lowest BCUT2D eigenvalue weighted by Gasteiger charge is -2.38. The molecule has 1 aliphatic carbocycles. The SMILES string of the molecule is CCCN(CCN(C)C)CC1CC(C(C)(C)C)CCC1=O. The minimum atomic E-state index is 0.261. The molecule has 2 unspecified atom stereocenters. The molecule has 21 heavy (non-hydrogen) atoms. The summed E-state index contributed by atoms with van der Waals surface area (Å²) in [7, 11) is 4.23. The Morgan fingerprint density at radius 2 is 1.81 bits per heavy atom. The van der Waals surface area contributed by atoms with Crippen LogP contribution in [0.25, 0.3) is 0 Å². The molecule has 0 bridgehead atoms. The van der Waals surface area contributed by atoms with Gasteiger partial charge in [-0.15, -0.1) is 0 Å². The van der Waals surface area contributed by atoms with E-state index in [9.17, 15) is 4.79 Å². The molecule has 0 N–H and O–H groups in total. The van der Waals surface area contributed by atoms with Crippen LogP contribution in [0.4, 0.5) is 0 Å². The van der Waals surface area contributed by atoms with Gasteiger partial charge < -0.3 is 9.80 Å². The predicted octanol–water partition coefficient (Wildman–Crippen LogP) is 3.29. The van der Waals surface area contributed by atoms with Crippen molar-refractivity contribution in [1.82, 2.24) is 9.80 Å². The highest BCUT2D eigenvalue weighted by atomic mass is 16.1. The molecule has 0 amide bonds. The molecule has 1 saturated carbocycles. The second kappa shape index (κ2) is 8.28. The molecule has 0 heterocycles. The molecule has 0 aromatic heterocycles. The zero-order chi connectivity index (χ0) is 16.0. The summed E-state index contributed by atoms with van der Waals surface area (Å²) in [6, 6.07) is 0. The number of carbonyl (C=O) groups excluding carboxylic acids is 1. The third-order valence-corrected chi connectivity index (χ3v) is 4.87. The van der Waals surface area contributed by atoms with E-state index < -0.39 is 0 Å². The fraction of sp³-hybridized carbons (Fsp3) is 0.944. The van der Waals surface area contributed by atoms with Gasteiger partial charge in [-0.05, 0) is 51.2 Å². The molecule has 0 spiro atoms. The van der Waals surface area contributed by atoms with Gasteiger partial charge in [0.15, 0.2) is 0 Å². The zero-order valence-electron chi connectivity index (χ0n) is 15.1. The van der Waals surface area contributed by atoms with E-state index in [4.69, 9.17) is 0 Å². The van der Waals surface area contributed by atoms with Crippen LogP contribution in [0.15, 0.2) is 0 Å². The molecule has 0 aromatic carbocycles. The minimum Gasteiger partial charge on any atom is -0.308 e. The molecule has 3 heteroatoms. The third kappa shape index (κ3) is 6.48. The van der Waals surface area contributed by atoms with E-state index in [1.54, 1.807) is 0 Å². The molecule has 2 atom stereocenters. The van der Waals surface area contributed by atoms with Crippen molar-refractivity contribution in [1.29, 1.82) is 0 Å². The van der Waals surface area contributed by atoms with Gasteiger partial charge in [-0.25, -0.2) is 0 Å². The number of rotatable bonds is 7. The summed E-state index contributed by atoms with van der Waals surface area (Å²) in [6.45, 7) is 13.4. The van der Waals surface area contributed by atoms with Crippen LogP contribution in [0.1, 0.15) is 53.4 Å². The highest BCUT2D eigenvalue weighted by molar-refractivity contribution is 5.82. The molecular formula is C18H36N2O. The van der Waals surface area contributed by atoms with Crippen molar-refractivity contribution < 1.29 is 4.79 Å². The van der Waals surface area contributed by atoms with Gasteiger partial charge in [0.05, 0.1) is 0 Å². The van der Waals surface area contributed by atoms with Crippen LogP contribution in [0, 0.1) is 17.3 Å². The lowest BCUT2D eigenvalue weighted by atomic mass is 9.68. The van der Waals surface area contributed by atoms with Crippen LogP contribution in [-0.2, 0) is 4.79 Å². The topological polar surface area (TPSA) is 23.6 Å². The number of hydrogen-bond acceptors (Lipinski definition) is 3. The van der Waals surface area contributed by atoms with Crippen molar-refractivity contribution in [2.75, 3.05) is 40.3 Å². The van der Waals surface area contributed by atoms with Gasteiger partial charge in [-0.3, -0.25) is 4.79 Å². The van der Waals surface area contributed by atoms with Crippen LogP contribution in [0.5, 0.6) is 0 Å². The quantitative estimate of drug-likeness (QED) is 0.720. The maximum atomic E-state index is 12.3. The fourth-order valence-electron chi connectivity index (χ4n) is 3.34. The van der Waals surface area contributed by atoms with Crippen molar-refractivity contribution in [3.05, 3.63) is 0 Å². The second-order valence-electron chi connectivity index (χ2n) is 8.10. The molecule has 1 fully saturated rings. The van der Waals surface area contributed by atoms with E-state index in [0.717, 1.165) is 51.9 Å². The molecule has 1 rings (SSSR count). The van der Waals surface area contributed by atoms with Gasteiger partial charge in [0.2, 0.25) is 0 Å². The number of Topliss-reactive ketones (excluding diaryl/α,β-unsaturated/α-hetero) is 1. The molecule has 0 radical (unpaired) electrons. The summed E-state index contributed by atoms with van der Waals surface area (Å²) in [5.41, 5.74) is 0.332. The van der Waals surface area contributed by atoms with Crippen molar-refractivity contribution in [3.8, 4) is 0 Å². The van der Waals surface area contributed by atoms with Crippen molar-refractivity contribution in [3.63, 3.8) is 0 Å². The van der Waals surface area contributed by atoms with Crippen molar-refractivity contribution in [2.24, 2.45) is 17.3 Å². The first-order valence-corrected chi connectivity index (χ1v) is 8.63. The van der Waals surface area contributed by atoms with Gasteiger partial charge in [0.1, 0.15) is 5.78 Å². The number of carbonyl (C=O) groups is 1. The molecule has 1 aliphatic rings. The Morgan fingerprint density at radius 3 is 2.33 bits per heavy atom. The monoisotopic (exact) mass is 296 g/mol. The summed E-state index contributed by atoms with van der Waals surface area (Å²) in [4.78, 5) is 17.0. The van der Waals surface area contributed by atoms with Crippen LogP contribution in [0.3, 0.4) is 0 Å². The number of hydrogen-bond donors (Lipinski definition) is 0. The smallest absolute Gasteiger partial charge is 0.137 e. The highest BCUT2D eigenvalue weighted by Gasteiger charge is 2.35. The number of nitrogens with zero attached hydrogens (tertiary/aromatic N) is 2. The minimum absolute atomic E-state index is 0.261. The van der Waals surface area contributed by atoms with Crippen LogP contribution >= 0.6 is 0 Å². The highest BCUT2D eigenvalue weighted by Crippen LogP contribution is 2.39. The van der Waals surface area contributed by atoms with Gasteiger partial charge in [0.25, 0.3) is 0 Å². The maximum Gasteiger partial charge on any atom is 0.137 e. The first-order valence-electron chi connectivity index (χ1n) is 8.63. The largest absolute Gasteiger partial charge is 0.308 e. The summed E-state index contributed by atoms with van der Waals surface area (Å²) in [5.74, 6) is 1.45.